The van der Waals surface area contributed by atoms with E-state index < -0.39 is 5.82 Å². The highest BCUT2D eigenvalue weighted by molar-refractivity contribution is 5.96. The zero-order valence-electron chi connectivity index (χ0n) is 16.4. The summed E-state index contributed by atoms with van der Waals surface area (Å²) in [5.41, 5.74) is 3.04. The van der Waals surface area contributed by atoms with Gasteiger partial charge in [0.15, 0.2) is 5.69 Å². The number of hydrogen-bond donors (Lipinski definition) is 1. The number of aryl methyl sites for hydroxylation is 1. The number of benzene rings is 2. The Labute approximate surface area is 172 Å². The number of rotatable bonds is 4. The van der Waals surface area contributed by atoms with Crippen molar-refractivity contribution in [1.82, 2.24) is 20.0 Å². The number of hydrogen-bond acceptors (Lipinski definition) is 3. The SMILES string of the molecule is Cn1nc(C(=O)NCc2ccc(F)cc2)c2c1CCN(C(=O)c1ccc(F)cc1)C2. The maximum atomic E-state index is 13.1. The molecule has 0 saturated carbocycles. The molecule has 6 nitrogen and oxygen atoms in total. The van der Waals surface area contributed by atoms with E-state index in [1.54, 1.807) is 28.8 Å². The zero-order chi connectivity index (χ0) is 21.3. The lowest BCUT2D eigenvalue weighted by Crippen LogP contribution is -2.37. The van der Waals surface area contributed by atoms with Crippen LogP contribution in [-0.4, -0.2) is 33.0 Å². The molecule has 3 aromatic rings. The summed E-state index contributed by atoms with van der Waals surface area (Å²) in [6.45, 7) is 0.973. The lowest BCUT2D eigenvalue weighted by molar-refractivity contribution is 0.0730. The van der Waals surface area contributed by atoms with Gasteiger partial charge in [-0.1, -0.05) is 12.1 Å². The number of nitrogens with zero attached hydrogens (tertiary/aromatic N) is 3. The van der Waals surface area contributed by atoms with Gasteiger partial charge in [0.1, 0.15) is 11.6 Å². The molecule has 154 valence electrons. The summed E-state index contributed by atoms with van der Waals surface area (Å²) < 4.78 is 27.9. The van der Waals surface area contributed by atoms with Crippen LogP contribution >= 0.6 is 0 Å². The van der Waals surface area contributed by atoms with Gasteiger partial charge >= 0.3 is 0 Å². The predicted molar refractivity (Wildman–Crippen MR) is 106 cm³/mol. The third kappa shape index (κ3) is 3.94. The number of fused-ring (bicyclic) bond motifs is 1. The Morgan fingerprint density at radius 2 is 1.67 bits per heavy atom. The maximum absolute atomic E-state index is 13.1. The van der Waals surface area contributed by atoms with Gasteiger partial charge in [-0.3, -0.25) is 14.3 Å². The van der Waals surface area contributed by atoms with Crippen molar-refractivity contribution in [2.75, 3.05) is 6.54 Å². The van der Waals surface area contributed by atoms with Crippen molar-refractivity contribution >= 4 is 11.8 Å². The lowest BCUT2D eigenvalue weighted by atomic mass is 10.0. The highest BCUT2D eigenvalue weighted by atomic mass is 19.1. The topological polar surface area (TPSA) is 67.2 Å². The summed E-state index contributed by atoms with van der Waals surface area (Å²) in [5.74, 6) is -1.32. The van der Waals surface area contributed by atoms with Crippen molar-refractivity contribution in [3.8, 4) is 0 Å². The largest absolute Gasteiger partial charge is 0.347 e. The fourth-order valence-electron chi connectivity index (χ4n) is 3.59. The minimum atomic E-state index is -0.403. The molecule has 0 fully saturated rings. The molecule has 0 spiro atoms. The summed E-state index contributed by atoms with van der Waals surface area (Å²) >= 11 is 0. The van der Waals surface area contributed by atoms with Gasteiger partial charge in [-0.25, -0.2) is 8.78 Å². The summed E-state index contributed by atoms with van der Waals surface area (Å²) in [7, 11) is 1.77. The second-order valence-corrected chi connectivity index (χ2v) is 7.19. The van der Waals surface area contributed by atoms with Crippen molar-refractivity contribution in [2.45, 2.75) is 19.5 Å². The van der Waals surface area contributed by atoms with E-state index in [1.807, 2.05) is 0 Å². The highest BCUT2D eigenvalue weighted by Gasteiger charge is 2.29. The molecule has 2 heterocycles. The molecule has 0 atom stereocenters. The molecule has 4 rings (SSSR count). The molecular weight excluding hydrogens is 390 g/mol. The van der Waals surface area contributed by atoms with Crippen LogP contribution in [0.1, 0.15) is 37.7 Å². The molecule has 30 heavy (non-hydrogen) atoms. The summed E-state index contributed by atoms with van der Waals surface area (Å²) in [6.07, 6.45) is 0.566. The Morgan fingerprint density at radius 1 is 1.03 bits per heavy atom. The van der Waals surface area contributed by atoms with Crippen molar-refractivity contribution in [1.29, 1.82) is 0 Å². The van der Waals surface area contributed by atoms with Crippen molar-refractivity contribution in [3.05, 3.63) is 88.2 Å². The molecule has 0 saturated heterocycles. The molecule has 0 aliphatic carbocycles. The fourth-order valence-corrected chi connectivity index (χ4v) is 3.59. The van der Waals surface area contributed by atoms with Gasteiger partial charge in [-0.15, -0.1) is 0 Å². The molecular formula is C22H20F2N4O2. The number of carbonyl (C=O) groups excluding carboxylic acids is 2. The maximum Gasteiger partial charge on any atom is 0.272 e. The van der Waals surface area contributed by atoms with E-state index in [0.717, 1.165) is 11.3 Å². The number of nitrogens with one attached hydrogen (secondary N) is 1. The molecule has 1 aromatic heterocycles. The van der Waals surface area contributed by atoms with Gasteiger partial charge in [-0.2, -0.15) is 5.10 Å². The first-order valence-electron chi connectivity index (χ1n) is 9.54. The van der Waals surface area contributed by atoms with E-state index in [1.165, 1.54) is 36.4 Å². The average molecular weight is 410 g/mol. The van der Waals surface area contributed by atoms with E-state index >= 15 is 0 Å². The van der Waals surface area contributed by atoms with Crippen molar-refractivity contribution in [2.24, 2.45) is 7.05 Å². The zero-order valence-corrected chi connectivity index (χ0v) is 16.4. The third-order valence-corrected chi connectivity index (χ3v) is 5.20. The molecule has 0 unspecified atom stereocenters. The lowest BCUT2D eigenvalue weighted by Gasteiger charge is -2.27. The van der Waals surface area contributed by atoms with Gasteiger partial charge in [0.2, 0.25) is 0 Å². The van der Waals surface area contributed by atoms with Crippen LogP contribution in [0.4, 0.5) is 8.78 Å². The molecule has 2 aromatic carbocycles. The third-order valence-electron chi connectivity index (χ3n) is 5.20. The van der Waals surface area contributed by atoms with E-state index in [-0.39, 0.29) is 36.4 Å². The Balaban J connectivity index is 1.50. The molecule has 1 aliphatic heterocycles. The van der Waals surface area contributed by atoms with Gasteiger partial charge < -0.3 is 10.2 Å². The Hall–Kier alpha value is -3.55. The molecule has 2 amide bonds. The van der Waals surface area contributed by atoms with E-state index in [9.17, 15) is 18.4 Å². The van der Waals surface area contributed by atoms with Crippen LogP contribution in [0.15, 0.2) is 48.5 Å². The molecule has 1 N–H and O–H groups in total. The van der Waals surface area contributed by atoms with Gasteiger partial charge in [-0.05, 0) is 42.0 Å². The van der Waals surface area contributed by atoms with Crippen LogP contribution in [0.25, 0.3) is 0 Å². The van der Waals surface area contributed by atoms with Crippen molar-refractivity contribution in [3.63, 3.8) is 0 Å². The van der Waals surface area contributed by atoms with E-state index in [0.29, 0.717) is 24.1 Å². The van der Waals surface area contributed by atoms with Gasteiger partial charge in [0.05, 0.1) is 6.54 Å². The van der Waals surface area contributed by atoms with E-state index in [4.69, 9.17) is 0 Å². The Morgan fingerprint density at radius 3 is 2.33 bits per heavy atom. The summed E-state index contributed by atoms with van der Waals surface area (Å²) in [6, 6.07) is 11.3. The molecule has 8 heteroatoms. The second kappa shape index (κ2) is 8.06. The highest BCUT2D eigenvalue weighted by Crippen LogP contribution is 2.24. The van der Waals surface area contributed by atoms with Crippen LogP contribution in [-0.2, 0) is 26.6 Å². The van der Waals surface area contributed by atoms with Crippen LogP contribution in [0.5, 0.6) is 0 Å². The number of halogens is 2. The van der Waals surface area contributed by atoms with Crippen LogP contribution in [0.3, 0.4) is 0 Å². The van der Waals surface area contributed by atoms with Gasteiger partial charge in [0, 0.05) is 43.4 Å². The first-order chi connectivity index (χ1) is 14.4. The van der Waals surface area contributed by atoms with Crippen LogP contribution < -0.4 is 5.32 Å². The normalized spacial score (nSPS) is 13.1. The second-order valence-electron chi connectivity index (χ2n) is 7.19. The smallest absolute Gasteiger partial charge is 0.272 e. The molecule has 0 bridgehead atoms. The first-order valence-corrected chi connectivity index (χ1v) is 9.54. The van der Waals surface area contributed by atoms with Crippen LogP contribution in [0, 0.1) is 11.6 Å². The quantitative estimate of drug-likeness (QED) is 0.719. The van der Waals surface area contributed by atoms with E-state index in [2.05, 4.69) is 10.4 Å². The minimum absolute atomic E-state index is 0.220. The van der Waals surface area contributed by atoms with Crippen molar-refractivity contribution < 1.29 is 18.4 Å². The monoisotopic (exact) mass is 410 g/mol. The van der Waals surface area contributed by atoms with Crippen LogP contribution in [0.2, 0.25) is 0 Å². The minimum Gasteiger partial charge on any atom is -0.347 e. The predicted octanol–water partition coefficient (Wildman–Crippen LogP) is 2.83. The first kappa shape index (κ1) is 19.8. The Bertz CT molecular complexity index is 1090. The average Bonchev–Trinajstić information content (AvgIpc) is 3.09. The molecule has 1 aliphatic rings. The summed E-state index contributed by atoms with van der Waals surface area (Å²) in [4.78, 5) is 27.2. The summed E-state index contributed by atoms with van der Waals surface area (Å²) in [5, 5.41) is 7.15. The number of carbonyl (C=O) groups is 2. The Kier molecular flexibility index (Phi) is 5.31. The number of aromatic nitrogens is 2. The molecule has 0 radical (unpaired) electrons. The standard InChI is InChI=1S/C22H20F2N4O2/c1-27-19-10-11-28(22(30)15-4-8-17(24)9-5-15)13-18(19)20(26-27)21(29)25-12-14-2-6-16(23)7-3-14/h2-9H,10-13H2,1H3,(H,25,29). The van der Waals surface area contributed by atoms with Gasteiger partial charge in [0.25, 0.3) is 11.8 Å². The fraction of sp³-hybridized carbons (Fsp3) is 0.227. The number of amides is 2.